The number of nitro groups is 2. The van der Waals surface area contributed by atoms with Gasteiger partial charge < -0.3 is 14.7 Å². The van der Waals surface area contributed by atoms with Crippen molar-refractivity contribution in [1.29, 1.82) is 0 Å². The molecule has 230 valence electrons. The smallest absolute Gasteiger partial charge is 0.318 e. The van der Waals surface area contributed by atoms with Crippen LogP contribution in [0.2, 0.25) is 0 Å². The Morgan fingerprint density at radius 3 is 1.91 bits per heavy atom. The predicted octanol–water partition coefficient (Wildman–Crippen LogP) is 6.46. The minimum absolute atomic E-state index is 0.0902. The molecule has 0 spiro atoms. The molecule has 1 heterocycles. The van der Waals surface area contributed by atoms with Crippen molar-refractivity contribution in [2.45, 2.75) is 65.7 Å². The Morgan fingerprint density at radius 2 is 1.43 bits per heavy atom. The van der Waals surface area contributed by atoms with Crippen LogP contribution in [0, 0.1) is 31.1 Å². The minimum Gasteiger partial charge on any atom is -0.481 e. The highest BCUT2D eigenvalue weighted by Crippen LogP contribution is 2.54. The molecular formula is C32H33N3O9. The zero-order valence-corrected chi connectivity index (χ0v) is 24.9. The van der Waals surface area contributed by atoms with Gasteiger partial charge in [-0.1, -0.05) is 39.8 Å². The van der Waals surface area contributed by atoms with Crippen molar-refractivity contribution < 1.29 is 34.1 Å². The molecule has 0 amide bonds. The van der Waals surface area contributed by atoms with Crippen LogP contribution >= 0.6 is 0 Å². The van der Waals surface area contributed by atoms with Gasteiger partial charge in [-0.05, 0) is 47.4 Å². The van der Waals surface area contributed by atoms with Crippen LogP contribution in [0.1, 0.15) is 71.3 Å². The summed E-state index contributed by atoms with van der Waals surface area (Å²) in [6.07, 6.45) is 1.49. The van der Waals surface area contributed by atoms with Gasteiger partial charge in [-0.25, -0.2) is 0 Å². The van der Waals surface area contributed by atoms with Crippen LogP contribution in [-0.2, 0) is 14.4 Å². The quantitative estimate of drug-likeness (QED) is 0.261. The second-order valence-corrected chi connectivity index (χ2v) is 13.2. The lowest BCUT2D eigenvalue weighted by atomic mass is 9.63. The van der Waals surface area contributed by atoms with Crippen LogP contribution in [0.4, 0.5) is 11.4 Å². The van der Waals surface area contributed by atoms with Crippen molar-refractivity contribution in [2.75, 3.05) is 6.54 Å². The average Bonchev–Trinajstić information content (AvgIpc) is 2.90. The number of carboxylic acids is 1. The predicted molar refractivity (Wildman–Crippen MR) is 158 cm³/mol. The van der Waals surface area contributed by atoms with Crippen molar-refractivity contribution in [3.8, 4) is 11.5 Å². The lowest BCUT2D eigenvalue weighted by Gasteiger charge is -2.49. The average molecular weight is 604 g/mol. The number of Topliss-reactive ketones (excluding diaryl/α,β-unsaturated/α-hetero) is 2. The van der Waals surface area contributed by atoms with Crippen molar-refractivity contribution in [2.24, 2.45) is 10.8 Å². The van der Waals surface area contributed by atoms with E-state index in [4.69, 9.17) is 4.74 Å². The van der Waals surface area contributed by atoms with Gasteiger partial charge in [0.25, 0.3) is 5.69 Å². The lowest BCUT2D eigenvalue weighted by molar-refractivity contribution is -0.394. The molecule has 1 N–H and O–H groups in total. The van der Waals surface area contributed by atoms with Crippen molar-refractivity contribution in [3.63, 3.8) is 0 Å². The molecule has 2 aliphatic carbocycles. The molecule has 3 aliphatic rings. The number of nitro benzene ring substituents is 2. The van der Waals surface area contributed by atoms with Crippen LogP contribution < -0.4 is 4.74 Å². The number of non-ortho nitro benzene ring substituents is 1. The fraction of sp³-hybridized carbons (Fsp3) is 0.406. The van der Waals surface area contributed by atoms with Crippen LogP contribution in [0.3, 0.4) is 0 Å². The standard InChI is InChI=1S/C32H33N3O9/c1-31(2)14-22-29(24(36)16-31)28(30-23(33(22)12-11-27(38)39)15-32(3,4)17-25(30)37)18-5-8-20(9-6-18)44-26-10-7-19(34(40)41)13-21(26)35(42)43/h5-10,13,28H,11-12,14-17H2,1-4H3,(H,38,39). The SMILES string of the molecule is CC1(C)CC(=O)C2=C(C1)N(CCC(=O)O)C1=C(C(=O)CC(C)(C)C1)C2c1ccc(Oc2ccc([N+](=O)[O-])cc2[N+](=O)[O-])cc1. The number of carbonyl (C=O) groups excluding carboxylic acids is 2. The van der Waals surface area contributed by atoms with E-state index < -0.39 is 33.1 Å². The number of ketones is 2. The molecule has 5 rings (SSSR count). The maximum atomic E-state index is 13.8. The summed E-state index contributed by atoms with van der Waals surface area (Å²) in [5, 5.41) is 32.2. The number of ether oxygens (including phenoxy) is 1. The first kappa shape index (κ1) is 30.6. The van der Waals surface area contributed by atoms with E-state index in [-0.39, 0.29) is 59.7 Å². The summed E-state index contributed by atoms with van der Waals surface area (Å²) in [7, 11) is 0. The van der Waals surface area contributed by atoms with Gasteiger partial charge in [-0.3, -0.25) is 34.6 Å². The number of allylic oxidation sites excluding steroid dienone is 4. The first-order valence-electron chi connectivity index (χ1n) is 14.3. The number of aliphatic carboxylic acids is 1. The number of carboxylic acid groups (broad SMARTS) is 1. The molecule has 0 radical (unpaired) electrons. The van der Waals surface area contributed by atoms with Crippen LogP contribution in [0.15, 0.2) is 65.0 Å². The first-order valence-corrected chi connectivity index (χ1v) is 14.3. The molecule has 0 saturated heterocycles. The lowest BCUT2D eigenvalue weighted by Crippen LogP contribution is -2.45. The molecule has 0 atom stereocenters. The fourth-order valence-corrected chi connectivity index (χ4v) is 6.56. The summed E-state index contributed by atoms with van der Waals surface area (Å²) in [6.45, 7) is 8.16. The second kappa shape index (κ2) is 11.0. The Hall–Kier alpha value is -4.87. The maximum Gasteiger partial charge on any atom is 0.318 e. The Morgan fingerprint density at radius 1 is 0.886 bits per heavy atom. The van der Waals surface area contributed by atoms with Crippen molar-refractivity contribution >= 4 is 28.9 Å². The number of nitrogens with zero attached hydrogens (tertiary/aromatic N) is 3. The van der Waals surface area contributed by atoms with Crippen LogP contribution in [0.5, 0.6) is 11.5 Å². The Labute approximate surface area is 253 Å². The van der Waals surface area contributed by atoms with E-state index in [0.717, 1.165) is 29.6 Å². The molecular weight excluding hydrogens is 570 g/mol. The summed E-state index contributed by atoms with van der Waals surface area (Å²) in [5.74, 6) is -1.76. The highest BCUT2D eigenvalue weighted by molar-refractivity contribution is 6.06. The molecule has 12 nitrogen and oxygen atoms in total. The molecule has 2 aromatic rings. The zero-order valence-electron chi connectivity index (χ0n) is 24.9. The molecule has 0 unspecified atom stereocenters. The number of carbonyl (C=O) groups is 3. The second-order valence-electron chi connectivity index (χ2n) is 13.2. The Kier molecular flexibility index (Phi) is 7.65. The Balaban J connectivity index is 1.60. The van der Waals surface area contributed by atoms with E-state index in [0.29, 0.717) is 29.6 Å². The Bertz CT molecular complexity index is 1610. The summed E-state index contributed by atoms with van der Waals surface area (Å²) in [6, 6.07) is 9.67. The number of hydrogen-bond acceptors (Lipinski definition) is 9. The third-order valence-electron chi connectivity index (χ3n) is 8.36. The van der Waals surface area contributed by atoms with Gasteiger partial charge in [0.15, 0.2) is 11.6 Å². The van der Waals surface area contributed by atoms with Gasteiger partial charge in [0.1, 0.15) is 5.75 Å². The zero-order chi connectivity index (χ0) is 32.1. The van der Waals surface area contributed by atoms with Gasteiger partial charge >= 0.3 is 11.7 Å². The summed E-state index contributed by atoms with van der Waals surface area (Å²) in [4.78, 5) is 62.4. The van der Waals surface area contributed by atoms with Gasteiger partial charge in [-0.2, -0.15) is 0 Å². The van der Waals surface area contributed by atoms with E-state index in [2.05, 4.69) is 0 Å². The number of benzene rings is 2. The van der Waals surface area contributed by atoms with Gasteiger partial charge in [0, 0.05) is 53.9 Å². The summed E-state index contributed by atoms with van der Waals surface area (Å²) < 4.78 is 5.74. The van der Waals surface area contributed by atoms with Gasteiger partial charge in [0.2, 0.25) is 5.75 Å². The monoisotopic (exact) mass is 603 g/mol. The van der Waals surface area contributed by atoms with E-state index in [1.165, 1.54) is 0 Å². The largest absolute Gasteiger partial charge is 0.481 e. The van der Waals surface area contributed by atoms with Crippen LogP contribution in [-0.4, -0.2) is 43.9 Å². The van der Waals surface area contributed by atoms with E-state index in [1.54, 1.807) is 24.3 Å². The molecule has 0 aromatic heterocycles. The van der Waals surface area contributed by atoms with E-state index in [9.17, 15) is 39.7 Å². The van der Waals surface area contributed by atoms with Crippen molar-refractivity contribution in [1.82, 2.24) is 4.90 Å². The first-order chi connectivity index (χ1) is 20.6. The molecule has 0 saturated carbocycles. The molecule has 0 fully saturated rings. The topological polar surface area (TPSA) is 170 Å². The molecule has 2 aromatic carbocycles. The van der Waals surface area contributed by atoms with E-state index in [1.807, 2.05) is 32.6 Å². The molecule has 0 bridgehead atoms. The normalized spacial score (nSPS) is 19.4. The molecule has 1 aliphatic heterocycles. The maximum absolute atomic E-state index is 13.8. The van der Waals surface area contributed by atoms with Gasteiger partial charge in [0.05, 0.1) is 22.3 Å². The number of rotatable bonds is 8. The third kappa shape index (κ3) is 5.84. The summed E-state index contributed by atoms with van der Waals surface area (Å²) in [5.41, 5.74) is 1.45. The van der Waals surface area contributed by atoms with Crippen LogP contribution in [0.25, 0.3) is 0 Å². The van der Waals surface area contributed by atoms with Gasteiger partial charge in [-0.15, -0.1) is 0 Å². The van der Waals surface area contributed by atoms with Crippen molar-refractivity contribution in [3.05, 3.63) is 90.8 Å². The fourth-order valence-electron chi connectivity index (χ4n) is 6.56. The summed E-state index contributed by atoms with van der Waals surface area (Å²) >= 11 is 0. The highest BCUT2D eigenvalue weighted by Gasteiger charge is 2.49. The third-order valence-corrected chi connectivity index (χ3v) is 8.36. The molecule has 44 heavy (non-hydrogen) atoms. The molecule has 12 heteroatoms. The van der Waals surface area contributed by atoms with E-state index >= 15 is 0 Å². The highest BCUT2D eigenvalue weighted by atomic mass is 16.6. The minimum atomic E-state index is -0.969. The number of hydrogen-bond donors (Lipinski definition) is 1.